The second-order valence-corrected chi connectivity index (χ2v) is 13.7. The van der Waals surface area contributed by atoms with Crippen molar-refractivity contribution in [3.63, 3.8) is 0 Å². The van der Waals surface area contributed by atoms with Gasteiger partial charge in [0.2, 0.25) is 11.9 Å². The number of hydrogen-bond acceptors (Lipinski definition) is 13. The third-order valence-electron chi connectivity index (χ3n) is 7.85. The van der Waals surface area contributed by atoms with Crippen LogP contribution in [0.25, 0.3) is 11.2 Å². The van der Waals surface area contributed by atoms with E-state index in [2.05, 4.69) is 25.6 Å². The quantitative estimate of drug-likeness (QED) is 0.0753. The number of anilines is 2. The van der Waals surface area contributed by atoms with Crippen LogP contribution in [0.2, 0.25) is 5.02 Å². The smallest absolute Gasteiger partial charge is 0.413 e. The SMILES string of the molecule is CC(C)(C)OC(=O)NCCN(C(=O)Cn1cnc2c(NC(=O)OCc3ccccc3)nc(N)nc21)[C@@H](CCCC(N)C(=O)OCc1ccccc1Cl)C(=O)O. The lowest BCUT2D eigenvalue weighted by Gasteiger charge is -2.30. The summed E-state index contributed by atoms with van der Waals surface area (Å²) in [6, 6.07) is 13.4. The maximum Gasteiger partial charge on any atom is 0.413 e. The van der Waals surface area contributed by atoms with Gasteiger partial charge in [-0.2, -0.15) is 9.97 Å². The number of rotatable bonds is 17. The minimum Gasteiger partial charge on any atom is -0.480 e. The summed E-state index contributed by atoms with van der Waals surface area (Å²) in [6.45, 7) is 4.09. The van der Waals surface area contributed by atoms with E-state index in [0.717, 1.165) is 10.5 Å². The summed E-state index contributed by atoms with van der Waals surface area (Å²) in [4.78, 5) is 77.6. The van der Waals surface area contributed by atoms with E-state index in [4.69, 9.17) is 37.3 Å². The summed E-state index contributed by atoms with van der Waals surface area (Å²) in [5.74, 6) is -3.04. The van der Waals surface area contributed by atoms with E-state index >= 15 is 0 Å². The molecular weight excluding hydrogens is 738 g/mol. The Morgan fingerprint density at radius 2 is 1.67 bits per heavy atom. The Bertz CT molecular complexity index is 1970. The molecule has 19 heteroatoms. The van der Waals surface area contributed by atoms with Crippen LogP contribution in [0.3, 0.4) is 0 Å². The van der Waals surface area contributed by atoms with E-state index in [9.17, 15) is 29.1 Å². The number of carbonyl (C=O) groups is 5. The van der Waals surface area contributed by atoms with Crippen molar-refractivity contribution in [3.8, 4) is 0 Å². The number of carbonyl (C=O) groups excluding carboxylic acids is 4. The third kappa shape index (κ3) is 12.8. The number of ether oxygens (including phenoxy) is 3. The fourth-order valence-corrected chi connectivity index (χ4v) is 5.43. The average Bonchev–Trinajstić information content (AvgIpc) is 3.52. The molecule has 0 fully saturated rings. The van der Waals surface area contributed by atoms with Crippen molar-refractivity contribution < 1.29 is 43.3 Å². The first kappa shape index (κ1) is 41.7. The van der Waals surface area contributed by atoms with Gasteiger partial charge in [-0.1, -0.05) is 60.1 Å². The molecule has 55 heavy (non-hydrogen) atoms. The van der Waals surface area contributed by atoms with Gasteiger partial charge in [-0.15, -0.1) is 0 Å². The number of halogens is 1. The molecule has 2 heterocycles. The fourth-order valence-electron chi connectivity index (χ4n) is 5.24. The van der Waals surface area contributed by atoms with Crippen molar-refractivity contribution in [3.05, 3.63) is 77.1 Å². The maximum atomic E-state index is 13.9. The van der Waals surface area contributed by atoms with Crippen LogP contribution in [0.15, 0.2) is 60.9 Å². The van der Waals surface area contributed by atoms with Gasteiger partial charge in [0.05, 0.1) is 6.33 Å². The van der Waals surface area contributed by atoms with Crippen LogP contribution >= 0.6 is 11.6 Å². The third-order valence-corrected chi connectivity index (χ3v) is 8.21. The van der Waals surface area contributed by atoms with Crippen LogP contribution in [-0.2, 0) is 48.4 Å². The van der Waals surface area contributed by atoms with Gasteiger partial charge in [0.1, 0.15) is 37.4 Å². The zero-order chi connectivity index (χ0) is 40.1. The minimum atomic E-state index is -1.40. The Hall–Kier alpha value is -6.01. The van der Waals surface area contributed by atoms with Crippen LogP contribution in [0.4, 0.5) is 21.4 Å². The molecular formula is C36H44ClN9O9. The highest BCUT2D eigenvalue weighted by atomic mass is 35.5. The number of nitrogens with zero attached hydrogens (tertiary/aromatic N) is 5. The second-order valence-electron chi connectivity index (χ2n) is 13.3. The maximum absolute atomic E-state index is 13.9. The Balaban J connectivity index is 1.46. The first-order valence-electron chi connectivity index (χ1n) is 17.2. The molecule has 0 aliphatic rings. The zero-order valence-corrected chi connectivity index (χ0v) is 31.3. The average molecular weight is 782 g/mol. The van der Waals surface area contributed by atoms with E-state index in [1.54, 1.807) is 69.3 Å². The molecule has 2 aromatic carbocycles. The lowest BCUT2D eigenvalue weighted by molar-refractivity contribution is -0.151. The first-order valence-corrected chi connectivity index (χ1v) is 17.6. The molecule has 0 bridgehead atoms. The lowest BCUT2D eigenvalue weighted by Crippen LogP contribution is -2.49. The van der Waals surface area contributed by atoms with Crippen LogP contribution < -0.4 is 22.1 Å². The summed E-state index contributed by atoms with van der Waals surface area (Å²) in [5, 5.41) is 15.7. The number of nitrogens with one attached hydrogen (secondary N) is 2. The topological polar surface area (TPSA) is 256 Å². The number of amides is 3. The van der Waals surface area contributed by atoms with Gasteiger partial charge in [-0.25, -0.2) is 19.4 Å². The van der Waals surface area contributed by atoms with Crippen LogP contribution in [0.1, 0.15) is 51.2 Å². The number of esters is 1. The molecule has 0 saturated carbocycles. The van der Waals surface area contributed by atoms with E-state index in [1.807, 2.05) is 6.07 Å². The second kappa shape index (κ2) is 19.4. The number of carboxylic acid groups (broad SMARTS) is 1. The molecule has 294 valence electrons. The van der Waals surface area contributed by atoms with Gasteiger partial charge < -0.3 is 45.6 Å². The number of benzene rings is 2. The first-order chi connectivity index (χ1) is 26.1. The van der Waals surface area contributed by atoms with E-state index in [-0.39, 0.29) is 68.5 Å². The Kier molecular flexibility index (Phi) is 14.7. The molecule has 0 saturated heterocycles. The molecule has 0 aliphatic heterocycles. The van der Waals surface area contributed by atoms with E-state index in [1.165, 1.54) is 10.9 Å². The highest BCUT2D eigenvalue weighted by Gasteiger charge is 2.31. The molecule has 2 atom stereocenters. The highest BCUT2D eigenvalue weighted by Crippen LogP contribution is 2.22. The van der Waals surface area contributed by atoms with Gasteiger partial charge in [-0.3, -0.25) is 14.9 Å². The van der Waals surface area contributed by atoms with Gasteiger partial charge in [0.15, 0.2) is 17.0 Å². The summed E-state index contributed by atoms with van der Waals surface area (Å²) in [6.07, 6.45) is -0.265. The molecule has 2 aromatic heterocycles. The number of carboxylic acids is 1. The van der Waals surface area contributed by atoms with Crippen LogP contribution in [0, 0.1) is 0 Å². The number of aromatic nitrogens is 4. The number of alkyl carbamates (subject to hydrolysis) is 1. The van der Waals surface area contributed by atoms with Crippen molar-refractivity contribution >= 4 is 64.6 Å². The molecule has 1 unspecified atom stereocenters. The van der Waals surface area contributed by atoms with Crippen molar-refractivity contribution in [2.24, 2.45) is 5.73 Å². The van der Waals surface area contributed by atoms with Crippen molar-refractivity contribution in [1.29, 1.82) is 0 Å². The number of imidazole rings is 1. The molecule has 4 aromatic rings. The number of nitrogens with two attached hydrogens (primary N) is 2. The highest BCUT2D eigenvalue weighted by molar-refractivity contribution is 6.31. The van der Waals surface area contributed by atoms with E-state index < -0.39 is 54.3 Å². The molecule has 18 nitrogen and oxygen atoms in total. The Morgan fingerprint density at radius 1 is 0.964 bits per heavy atom. The normalized spacial score (nSPS) is 12.3. The summed E-state index contributed by atoms with van der Waals surface area (Å²) < 4.78 is 17.1. The molecule has 4 rings (SSSR count). The lowest BCUT2D eigenvalue weighted by atomic mass is 10.0. The molecule has 0 aliphatic carbocycles. The number of aliphatic carboxylic acids is 1. The molecule has 7 N–H and O–H groups in total. The van der Waals surface area contributed by atoms with Gasteiger partial charge in [0.25, 0.3) is 0 Å². The summed E-state index contributed by atoms with van der Waals surface area (Å²) >= 11 is 6.13. The van der Waals surface area contributed by atoms with Crippen molar-refractivity contribution in [2.75, 3.05) is 24.1 Å². The molecule has 0 spiro atoms. The minimum absolute atomic E-state index is 0.0116. The van der Waals surface area contributed by atoms with Gasteiger partial charge in [0, 0.05) is 23.7 Å². The Labute approximate surface area is 321 Å². The number of fused-ring (bicyclic) bond motifs is 1. The van der Waals surface area contributed by atoms with Gasteiger partial charge >= 0.3 is 24.1 Å². The van der Waals surface area contributed by atoms with Crippen molar-refractivity contribution in [2.45, 2.75) is 77.5 Å². The number of hydrogen-bond donors (Lipinski definition) is 5. The summed E-state index contributed by atoms with van der Waals surface area (Å²) in [5.41, 5.74) is 12.7. The monoisotopic (exact) mass is 781 g/mol. The van der Waals surface area contributed by atoms with Gasteiger partial charge in [-0.05, 0) is 51.7 Å². The van der Waals surface area contributed by atoms with Crippen molar-refractivity contribution in [1.82, 2.24) is 29.7 Å². The van der Waals surface area contributed by atoms with Crippen LogP contribution in [-0.4, -0.2) is 90.3 Å². The number of nitrogen functional groups attached to an aromatic ring is 1. The predicted octanol–water partition coefficient (Wildman–Crippen LogP) is 3.86. The molecule has 0 radical (unpaired) electrons. The molecule has 3 amide bonds. The van der Waals surface area contributed by atoms with Crippen LogP contribution in [0.5, 0.6) is 0 Å². The summed E-state index contributed by atoms with van der Waals surface area (Å²) in [7, 11) is 0. The standard InChI is InChI=1S/C36H44ClN9O9/c1-36(2,3)55-34(51)40-16-17-46(26(31(48)49)15-9-14-25(38)32(50)53-20-23-12-7-8-13-24(23)37)27(47)18-45-21-41-28-29(42-33(39)44-30(28)45)43-35(52)54-19-22-10-5-4-6-11-22/h4-8,10-13,21,25-26H,9,14-20,38H2,1-3H3,(H,40,51)(H,48,49)(H3,39,42,43,44,52)/t25?,26-/m0/s1. The Morgan fingerprint density at radius 3 is 2.36 bits per heavy atom. The zero-order valence-electron chi connectivity index (χ0n) is 30.6. The predicted molar refractivity (Wildman–Crippen MR) is 200 cm³/mol. The largest absolute Gasteiger partial charge is 0.480 e. The van der Waals surface area contributed by atoms with E-state index in [0.29, 0.717) is 10.6 Å². The fraction of sp³-hybridized carbons (Fsp3) is 0.389.